The third-order valence-electron chi connectivity index (χ3n) is 9.03. The van der Waals surface area contributed by atoms with Crippen molar-refractivity contribution >= 4 is 17.8 Å². The molecule has 2 atom stereocenters. The summed E-state index contributed by atoms with van der Waals surface area (Å²) < 4.78 is 11.8. The number of carbonyl (C=O) groups excluding carboxylic acids is 2. The molecule has 2 amide bonds. The summed E-state index contributed by atoms with van der Waals surface area (Å²) in [6.45, 7) is 12.4. The van der Waals surface area contributed by atoms with E-state index in [1.165, 1.54) is 70.6 Å². The molecule has 1 aliphatic rings. The van der Waals surface area contributed by atoms with Gasteiger partial charge in [0.15, 0.2) is 11.4 Å². The molecule has 1 aliphatic heterocycles. The number of hydrogen-bond acceptors (Lipinski definition) is 5. The maximum absolute atomic E-state index is 13.1. The van der Waals surface area contributed by atoms with Gasteiger partial charge in [0.1, 0.15) is 0 Å². The van der Waals surface area contributed by atoms with Crippen molar-refractivity contribution in [2.75, 3.05) is 19.7 Å². The van der Waals surface area contributed by atoms with Crippen LogP contribution in [0.25, 0.3) is 0 Å². The van der Waals surface area contributed by atoms with Crippen LogP contribution in [-0.2, 0) is 23.9 Å². The summed E-state index contributed by atoms with van der Waals surface area (Å²) in [6.07, 6.45) is 24.2. The highest BCUT2D eigenvalue weighted by atomic mass is 16.7. The molecular weight excluding hydrogens is 556 g/mol. The van der Waals surface area contributed by atoms with E-state index in [4.69, 9.17) is 9.47 Å². The van der Waals surface area contributed by atoms with Crippen LogP contribution in [0.15, 0.2) is 12.2 Å². The summed E-state index contributed by atoms with van der Waals surface area (Å²) in [4.78, 5) is 37.1. The minimum absolute atomic E-state index is 0.0528. The molecular formula is C36H66N2O6. The SMILES string of the molecule is CCCCCCCCC=CCCCCCCCC(=O)NCCCCCC(CNC(=O)C1(C)OC(C)(C)OCC1(C)C)C(=O)O. The van der Waals surface area contributed by atoms with Crippen molar-refractivity contribution in [2.45, 2.75) is 169 Å². The fourth-order valence-electron chi connectivity index (χ4n) is 5.57. The van der Waals surface area contributed by atoms with Crippen molar-refractivity contribution in [1.29, 1.82) is 0 Å². The van der Waals surface area contributed by atoms with Crippen LogP contribution in [0.2, 0.25) is 0 Å². The van der Waals surface area contributed by atoms with E-state index < -0.39 is 28.7 Å². The summed E-state index contributed by atoms with van der Waals surface area (Å²) in [5, 5.41) is 15.5. The van der Waals surface area contributed by atoms with E-state index >= 15 is 0 Å². The van der Waals surface area contributed by atoms with Gasteiger partial charge in [-0.3, -0.25) is 14.4 Å². The number of carboxylic acid groups (broad SMARTS) is 1. The van der Waals surface area contributed by atoms with E-state index in [9.17, 15) is 19.5 Å². The van der Waals surface area contributed by atoms with Crippen LogP contribution in [0.5, 0.6) is 0 Å². The zero-order valence-electron chi connectivity index (χ0n) is 29.1. The number of amides is 2. The van der Waals surface area contributed by atoms with Crippen LogP contribution in [0.3, 0.4) is 0 Å². The van der Waals surface area contributed by atoms with Gasteiger partial charge in [-0.05, 0) is 65.7 Å². The number of allylic oxidation sites excluding steroid dienone is 2. The molecule has 0 spiro atoms. The number of hydrogen-bond donors (Lipinski definition) is 3. The van der Waals surface area contributed by atoms with Crippen molar-refractivity contribution in [3.63, 3.8) is 0 Å². The maximum atomic E-state index is 13.1. The lowest BCUT2D eigenvalue weighted by atomic mass is 9.74. The highest BCUT2D eigenvalue weighted by Crippen LogP contribution is 2.43. The molecule has 0 aromatic carbocycles. The lowest BCUT2D eigenvalue weighted by Crippen LogP contribution is -2.65. The molecule has 0 radical (unpaired) electrons. The normalized spacial score (nSPS) is 20.0. The van der Waals surface area contributed by atoms with Crippen LogP contribution >= 0.6 is 0 Å². The number of carboxylic acids is 1. The fourth-order valence-corrected chi connectivity index (χ4v) is 5.57. The summed E-state index contributed by atoms with van der Waals surface area (Å²) in [5.74, 6) is -2.71. The first kappa shape index (κ1) is 40.1. The molecule has 1 saturated heterocycles. The Hall–Kier alpha value is -1.93. The van der Waals surface area contributed by atoms with Gasteiger partial charge in [-0.1, -0.05) is 97.1 Å². The Bertz CT molecular complexity index is 856. The van der Waals surface area contributed by atoms with Gasteiger partial charge in [-0.2, -0.15) is 0 Å². The van der Waals surface area contributed by atoms with Gasteiger partial charge in [-0.25, -0.2) is 0 Å². The lowest BCUT2D eigenvalue weighted by Gasteiger charge is -2.51. The molecule has 0 bridgehead atoms. The van der Waals surface area contributed by atoms with E-state index in [-0.39, 0.29) is 18.4 Å². The zero-order chi connectivity index (χ0) is 32.9. The van der Waals surface area contributed by atoms with Crippen molar-refractivity contribution in [3.05, 3.63) is 12.2 Å². The second kappa shape index (κ2) is 21.7. The molecule has 0 aliphatic carbocycles. The fraction of sp³-hybridized carbons (Fsp3) is 0.861. The first-order valence-corrected chi connectivity index (χ1v) is 17.6. The smallest absolute Gasteiger partial charge is 0.308 e. The van der Waals surface area contributed by atoms with Crippen LogP contribution in [0.1, 0.15) is 157 Å². The van der Waals surface area contributed by atoms with E-state index in [1.54, 1.807) is 20.8 Å². The Balaban J connectivity index is 2.09. The number of nitrogens with one attached hydrogen (secondary N) is 2. The Kier molecular flexibility index (Phi) is 19.8. The van der Waals surface area contributed by atoms with Crippen molar-refractivity contribution in [2.24, 2.45) is 11.3 Å². The number of ether oxygens (including phenoxy) is 2. The molecule has 1 fully saturated rings. The molecule has 0 saturated carbocycles. The predicted molar refractivity (Wildman–Crippen MR) is 178 cm³/mol. The summed E-state index contributed by atoms with van der Waals surface area (Å²) in [6, 6.07) is 0. The molecule has 3 N–H and O–H groups in total. The Morgan fingerprint density at radius 1 is 0.773 bits per heavy atom. The van der Waals surface area contributed by atoms with Crippen LogP contribution in [0.4, 0.5) is 0 Å². The third-order valence-corrected chi connectivity index (χ3v) is 9.03. The molecule has 1 rings (SSSR count). The van der Waals surface area contributed by atoms with Crippen LogP contribution in [0, 0.1) is 11.3 Å². The molecule has 1 heterocycles. The lowest BCUT2D eigenvalue weighted by molar-refractivity contribution is -0.336. The van der Waals surface area contributed by atoms with Gasteiger partial charge in [0.25, 0.3) is 5.91 Å². The average molecular weight is 623 g/mol. The quantitative estimate of drug-likeness (QED) is 0.0701. The average Bonchev–Trinajstić information content (AvgIpc) is 2.96. The van der Waals surface area contributed by atoms with Crippen molar-refractivity contribution < 1.29 is 29.0 Å². The Labute approximate surface area is 268 Å². The number of rotatable bonds is 25. The monoisotopic (exact) mass is 622 g/mol. The van der Waals surface area contributed by atoms with Gasteiger partial charge in [-0.15, -0.1) is 0 Å². The van der Waals surface area contributed by atoms with Crippen molar-refractivity contribution in [3.8, 4) is 0 Å². The zero-order valence-corrected chi connectivity index (χ0v) is 29.1. The molecule has 256 valence electrons. The van der Waals surface area contributed by atoms with Crippen LogP contribution < -0.4 is 10.6 Å². The number of unbranched alkanes of at least 4 members (excludes halogenated alkanes) is 13. The first-order valence-electron chi connectivity index (χ1n) is 17.6. The van der Waals surface area contributed by atoms with E-state index in [1.807, 2.05) is 13.8 Å². The molecule has 2 unspecified atom stereocenters. The first-order chi connectivity index (χ1) is 20.8. The number of aliphatic carboxylic acids is 1. The summed E-state index contributed by atoms with van der Waals surface area (Å²) >= 11 is 0. The highest BCUT2D eigenvalue weighted by molar-refractivity contribution is 5.86. The third kappa shape index (κ3) is 16.4. The van der Waals surface area contributed by atoms with Gasteiger partial charge < -0.3 is 25.2 Å². The predicted octanol–water partition coefficient (Wildman–Crippen LogP) is 8.09. The second-order valence-corrected chi connectivity index (χ2v) is 14.0. The van der Waals surface area contributed by atoms with Gasteiger partial charge in [0.05, 0.1) is 12.5 Å². The van der Waals surface area contributed by atoms with Gasteiger partial charge >= 0.3 is 5.97 Å². The summed E-state index contributed by atoms with van der Waals surface area (Å²) in [5.41, 5.74) is -1.71. The van der Waals surface area contributed by atoms with Crippen LogP contribution in [-0.4, -0.2) is 54.0 Å². The van der Waals surface area contributed by atoms with Gasteiger partial charge in [0, 0.05) is 24.9 Å². The Morgan fingerprint density at radius 2 is 1.34 bits per heavy atom. The molecule has 8 heteroatoms. The maximum Gasteiger partial charge on any atom is 0.308 e. The van der Waals surface area contributed by atoms with Crippen molar-refractivity contribution in [1.82, 2.24) is 10.6 Å². The molecule has 0 aromatic rings. The summed E-state index contributed by atoms with van der Waals surface area (Å²) in [7, 11) is 0. The second-order valence-electron chi connectivity index (χ2n) is 14.0. The molecule has 8 nitrogen and oxygen atoms in total. The van der Waals surface area contributed by atoms with Gasteiger partial charge in [0.2, 0.25) is 5.91 Å². The topological polar surface area (TPSA) is 114 Å². The van der Waals surface area contributed by atoms with E-state index in [2.05, 4.69) is 29.7 Å². The minimum Gasteiger partial charge on any atom is -0.481 e. The largest absolute Gasteiger partial charge is 0.481 e. The van der Waals surface area contributed by atoms with E-state index in [0.29, 0.717) is 26.0 Å². The van der Waals surface area contributed by atoms with E-state index in [0.717, 1.165) is 32.1 Å². The minimum atomic E-state index is -1.14. The molecule has 44 heavy (non-hydrogen) atoms. The molecule has 0 aromatic heterocycles. The number of carbonyl (C=O) groups is 3. The standard InChI is InChI=1S/C36H66N2O6/c1-7-8-9-10-11-12-13-14-15-16-17-18-19-20-23-26-31(39)37-27-24-21-22-25-30(32(40)41)28-38-33(42)36(6)34(2,3)29-43-35(4,5)44-36/h14-15,30H,7-13,16-29H2,1-6H3,(H,37,39)(H,38,42)(H,40,41). The highest BCUT2D eigenvalue weighted by Gasteiger charge is 2.55. The Morgan fingerprint density at radius 3 is 1.95 bits per heavy atom.